The maximum Gasteiger partial charge on any atom is 0.152 e. The lowest BCUT2D eigenvalue weighted by Crippen LogP contribution is -2.53. The fraction of sp³-hybridized carbons (Fsp3) is 0.538. The molecule has 1 aromatic rings. The molecule has 4 nitrogen and oxygen atoms in total. The molecule has 0 aliphatic carbocycles. The second-order valence-corrected chi connectivity index (χ2v) is 7.35. The lowest BCUT2D eigenvalue weighted by molar-refractivity contribution is 0.462. The molecule has 1 aliphatic rings. The van der Waals surface area contributed by atoms with Crippen molar-refractivity contribution in [3.05, 3.63) is 29.8 Å². The highest BCUT2D eigenvalue weighted by Crippen LogP contribution is 2.32. The van der Waals surface area contributed by atoms with Gasteiger partial charge in [-0.05, 0) is 25.5 Å². The van der Waals surface area contributed by atoms with Gasteiger partial charge in [-0.2, -0.15) is 0 Å². The fourth-order valence-electron chi connectivity index (χ4n) is 2.50. The molecule has 100 valence electrons. The van der Waals surface area contributed by atoms with E-state index >= 15 is 0 Å². The van der Waals surface area contributed by atoms with Crippen molar-refractivity contribution in [1.82, 2.24) is 0 Å². The van der Waals surface area contributed by atoms with Gasteiger partial charge in [-0.1, -0.05) is 17.7 Å². The summed E-state index contributed by atoms with van der Waals surface area (Å²) in [7, 11) is -1.02. The van der Waals surface area contributed by atoms with Gasteiger partial charge in [0, 0.05) is 19.3 Å². The van der Waals surface area contributed by atoms with Crippen LogP contribution in [0, 0.1) is 6.92 Å². The molecule has 1 saturated heterocycles. The number of sulfone groups is 1. The smallest absolute Gasteiger partial charge is 0.152 e. The number of likely N-dealkylation sites (N-methyl/N-ethyl adjacent to an activating group) is 1. The summed E-state index contributed by atoms with van der Waals surface area (Å²) in [5.74, 6) is 0.390. The Hall–Kier alpha value is -1.07. The van der Waals surface area contributed by atoms with Crippen molar-refractivity contribution < 1.29 is 8.42 Å². The zero-order valence-corrected chi connectivity index (χ0v) is 11.7. The minimum atomic E-state index is -2.95. The molecule has 0 bridgehead atoms. The van der Waals surface area contributed by atoms with Crippen LogP contribution in [0.2, 0.25) is 0 Å². The van der Waals surface area contributed by atoms with Crippen molar-refractivity contribution in [3.63, 3.8) is 0 Å². The number of anilines is 1. The highest BCUT2D eigenvalue weighted by molar-refractivity contribution is 7.91. The van der Waals surface area contributed by atoms with Gasteiger partial charge in [0.1, 0.15) is 0 Å². The highest BCUT2D eigenvalue weighted by Gasteiger charge is 2.44. The molecule has 18 heavy (non-hydrogen) atoms. The van der Waals surface area contributed by atoms with Gasteiger partial charge in [-0.3, -0.25) is 0 Å². The molecule has 2 N–H and O–H groups in total. The van der Waals surface area contributed by atoms with Crippen LogP contribution in [0.3, 0.4) is 0 Å². The number of rotatable bonds is 3. The van der Waals surface area contributed by atoms with E-state index in [9.17, 15) is 8.42 Å². The average molecular weight is 268 g/mol. The van der Waals surface area contributed by atoms with E-state index in [1.807, 2.05) is 43.1 Å². The van der Waals surface area contributed by atoms with E-state index in [0.29, 0.717) is 13.0 Å². The van der Waals surface area contributed by atoms with E-state index in [4.69, 9.17) is 5.73 Å². The predicted octanol–water partition coefficient (Wildman–Crippen LogP) is 0.947. The first-order chi connectivity index (χ1) is 8.38. The molecule has 1 unspecified atom stereocenters. The summed E-state index contributed by atoms with van der Waals surface area (Å²) < 4.78 is 23.4. The van der Waals surface area contributed by atoms with Crippen LogP contribution in [0.1, 0.15) is 12.0 Å². The van der Waals surface area contributed by atoms with Crippen molar-refractivity contribution >= 4 is 15.5 Å². The second kappa shape index (κ2) is 4.55. The summed E-state index contributed by atoms with van der Waals surface area (Å²) in [6.45, 7) is 2.39. The van der Waals surface area contributed by atoms with E-state index in [0.717, 1.165) is 5.69 Å². The zero-order valence-electron chi connectivity index (χ0n) is 10.9. The fourth-order valence-corrected chi connectivity index (χ4v) is 4.61. The third-order valence-corrected chi connectivity index (χ3v) is 5.68. The Labute approximate surface area is 109 Å². The first-order valence-corrected chi connectivity index (χ1v) is 7.92. The Balaban J connectivity index is 2.31. The summed E-state index contributed by atoms with van der Waals surface area (Å²) >= 11 is 0. The SMILES string of the molecule is Cc1ccc(N(C)C2(CN)CCS(=O)(=O)C2)cc1. The third kappa shape index (κ3) is 2.37. The quantitative estimate of drug-likeness (QED) is 0.886. The number of benzene rings is 1. The molecular weight excluding hydrogens is 248 g/mol. The molecule has 0 radical (unpaired) electrons. The van der Waals surface area contributed by atoms with E-state index in [2.05, 4.69) is 0 Å². The van der Waals surface area contributed by atoms with Crippen LogP contribution in [0.4, 0.5) is 5.69 Å². The maximum atomic E-state index is 11.7. The molecule has 1 heterocycles. The lowest BCUT2D eigenvalue weighted by atomic mass is 9.96. The van der Waals surface area contributed by atoms with Crippen LogP contribution < -0.4 is 10.6 Å². The van der Waals surface area contributed by atoms with Crippen LogP contribution in [0.5, 0.6) is 0 Å². The van der Waals surface area contributed by atoms with Crippen molar-refractivity contribution in [2.75, 3.05) is 30.0 Å². The Morgan fingerprint density at radius 1 is 1.33 bits per heavy atom. The topological polar surface area (TPSA) is 63.4 Å². The van der Waals surface area contributed by atoms with Gasteiger partial charge in [0.25, 0.3) is 0 Å². The van der Waals surface area contributed by atoms with Crippen LogP contribution in [-0.4, -0.2) is 39.1 Å². The average Bonchev–Trinajstić information content (AvgIpc) is 2.66. The molecule has 0 saturated carbocycles. The summed E-state index contributed by atoms with van der Waals surface area (Å²) in [5, 5.41) is 0. The molecule has 1 aromatic carbocycles. The van der Waals surface area contributed by atoms with Crippen molar-refractivity contribution in [3.8, 4) is 0 Å². The van der Waals surface area contributed by atoms with Gasteiger partial charge in [0.05, 0.1) is 17.0 Å². The molecule has 2 rings (SSSR count). The minimum absolute atomic E-state index is 0.154. The molecule has 1 atom stereocenters. The van der Waals surface area contributed by atoms with Crippen molar-refractivity contribution in [2.24, 2.45) is 5.73 Å². The molecule has 1 fully saturated rings. The van der Waals surface area contributed by atoms with Gasteiger partial charge in [0.2, 0.25) is 0 Å². The Morgan fingerprint density at radius 2 is 1.94 bits per heavy atom. The van der Waals surface area contributed by atoms with Crippen LogP contribution in [0.25, 0.3) is 0 Å². The number of hydrogen-bond acceptors (Lipinski definition) is 4. The van der Waals surface area contributed by atoms with E-state index in [1.165, 1.54) is 5.56 Å². The first-order valence-electron chi connectivity index (χ1n) is 6.10. The van der Waals surface area contributed by atoms with E-state index in [-0.39, 0.29) is 11.5 Å². The summed E-state index contributed by atoms with van der Waals surface area (Å²) in [5.41, 5.74) is 7.61. The summed E-state index contributed by atoms with van der Waals surface area (Å²) in [4.78, 5) is 2.02. The maximum absolute atomic E-state index is 11.7. The highest BCUT2D eigenvalue weighted by atomic mass is 32.2. The lowest BCUT2D eigenvalue weighted by Gasteiger charge is -2.38. The van der Waals surface area contributed by atoms with Gasteiger partial charge in [-0.15, -0.1) is 0 Å². The molecule has 0 aromatic heterocycles. The normalized spacial score (nSPS) is 26.2. The standard InChI is InChI=1S/C13H20N2O2S/c1-11-3-5-12(6-4-11)15(2)13(9-14)7-8-18(16,17)10-13/h3-6H,7-10,14H2,1-2H3. The molecule has 5 heteroatoms. The molecule has 0 amide bonds. The number of nitrogens with two attached hydrogens (primary N) is 1. The van der Waals surface area contributed by atoms with Crippen LogP contribution in [0.15, 0.2) is 24.3 Å². The molecule has 1 aliphatic heterocycles. The Morgan fingerprint density at radius 3 is 2.39 bits per heavy atom. The second-order valence-electron chi connectivity index (χ2n) is 5.17. The summed E-state index contributed by atoms with van der Waals surface area (Å²) in [6.07, 6.45) is 0.607. The van der Waals surface area contributed by atoms with Crippen LogP contribution in [-0.2, 0) is 9.84 Å². The van der Waals surface area contributed by atoms with Gasteiger partial charge >= 0.3 is 0 Å². The predicted molar refractivity (Wildman–Crippen MR) is 74.6 cm³/mol. The summed E-state index contributed by atoms with van der Waals surface area (Å²) in [6, 6.07) is 8.08. The van der Waals surface area contributed by atoms with Gasteiger partial charge in [0.15, 0.2) is 9.84 Å². The van der Waals surface area contributed by atoms with Crippen molar-refractivity contribution in [1.29, 1.82) is 0 Å². The van der Waals surface area contributed by atoms with Crippen molar-refractivity contribution in [2.45, 2.75) is 18.9 Å². The largest absolute Gasteiger partial charge is 0.367 e. The Bertz CT molecular complexity index is 524. The number of hydrogen-bond donors (Lipinski definition) is 1. The molecular formula is C13H20N2O2S. The minimum Gasteiger partial charge on any atom is -0.367 e. The zero-order chi connectivity index (χ0) is 13.4. The monoisotopic (exact) mass is 268 g/mol. The van der Waals surface area contributed by atoms with Gasteiger partial charge in [-0.25, -0.2) is 8.42 Å². The van der Waals surface area contributed by atoms with E-state index in [1.54, 1.807) is 0 Å². The molecule has 0 spiro atoms. The van der Waals surface area contributed by atoms with Gasteiger partial charge < -0.3 is 10.6 Å². The first kappa shape index (κ1) is 13.4. The van der Waals surface area contributed by atoms with E-state index < -0.39 is 15.4 Å². The number of aryl methyl sites for hydroxylation is 1. The third-order valence-electron chi connectivity index (χ3n) is 3.88. The van der Waals surface area contributed by atoms with Crippen LogP contribution >= 0.6 is 0 Å². The Kier molecular flexibility index (Phi) is 3.38. The number of nitrogens with zero attached hydrogens (tertiary/aromatic N) is 1.